The van der Waals surface area contributed by atoms with E-state index >= 15 is 0 Å². The van der Waals surface area contributed by atoms with Crippen LogP contribution in [0, 0.1) is 0 Å². The Labute approximate surface area is 122 Å². The summed E-state index contributed by atoms with van der Waals surface area (Å²) in [6.45, 7) is 6.26. The van der Waals surface area contributed by atoms with Gasteiger partial charge >= 0.3 is 5.97 Å². The molecule has 0 amide bonds. The van der Waals surface area contributed by atoms with E-state index < -0.39 is 0 Å². The van der Waals surface area contributed by atoms with E-state index in [0.29, 0.717) is 11.5 Å². The highest BCUT2D eigenvalue weighted by Crippen LogP contribution is 2.33. The van der Waals surface area contributed by atoms with Crippen molar-refractivity contribution >= 4 is 33.1 Å². The van der Waals surface area contributed by atoms with Gasteiger partial charge in [0.15, 0.2) is 0 Å². The van der Waals surface area contributed by atoms with Crippen molar-refractivity contribution in [1.29, 1.82) is 0 Å². The fraction of sp³-hybridized carbons (Fsp3) is 0.400. The number of benzene rings is 1. The topological polar surface area (TPSA) is 41.6 Å². The molecule has 0 saturated carbocycles. The summed E-state index contributed by atoms with van der Waals surface area (Å²) in [5, 5.41) is 4.51. The zero-order chi connectivity index (χ0) is 13.9. The summed E-state index contributed by atoms with van der Waals surface area (Å²) < 4.78 is 6.23. The average Bonchev–Trinajstić information content (AvgIpc) is 2.92. The molecule has 1 fully saturated rings. The van der Waals surface area contributed by atoms with Crippen molar-refractivity contribution in [2.45, 2.75) is 6.92 Å². The summed E-state index contributed by atoms with van der Waals surface area (Å²) >= 11 is 1.51. The number of nitrogens with one attached hydrogen (secondary N) is 1. The Balaban J connectivity index is 1.98. The summed E-state index contributed by atoms with van der Waals surface area (Å²) in [5.41, 5.74) is 1.22. The molecule has 1 aromatic heterocycles. The van der Waals surface area contributed by atoms with Crippen molar-refractivity contribution in [3.05, 3.63) is 29.1 Å². The molecule has 20 heavy (non-hydrogen) atoms. The van der Waals surface area contributed by atoms with E-state index in [0.717, 1.165) is 36.3 Å². The normalized spacial score (nSPS) is 15.6. The molecule has 3 rings (SSSR count). The number of carbonyl (C=O) groups is 1. The molecule has 0 spiro atoms. The van der Waals surface area contributed by atoms with Crippen LogP contribution in [0.5, 0.6) is 0 Å². The van der Waals surface area contributed by atoms with E-state index in [9.17, 15) is 4.79 Å². The molecule has 1 aliphatic heterocycles. The zero-order valence-corrected chi connectivity index (χ0v) is 12.3. The minimum atomic E-state index is -0.222. The molecule has 1 saturated heterocycles. The maximum Gasteiger partial charge on any atom is 0.348 e. The molecule has 0 atom stereocenters. The van der Waals surface area contributed by atoms with Crippen LogP contribution in [-0.4, -0.2) is 38.8 Å². The van der Waals surface area contributed by atoms with Gasteiger partial charge in [0.1, 0.15) is 4.88 Å². The Kier molecular flexibility index (Phi) is 3.89. The van der Waals surface area contributed by atoms with Gasteiger partial charge in [0.2, 0.25) is 0 Å². The summed E-state index contributed by atoms with van der Waals surface area (Å²) in [6.07, 6.45) is 0. The smallest absolute Gasteiger partial charge is 0.348 e. The van der Waals surface area contributed by atoms with Crippen LogP contribution in [0.15, 0.2) is 24.3 Å². The molecule has 106 valence electrons. The molecule has 2 aromatic rings. The lowest BCUT2D eigenvalue weighted by Crippen LogP contribution is -2.43. The number of hydrogen-bond donors (Lipinski definition) is 1. The van der Waals surface area contributed by atoms with Gasteiger partial charge in [-0.1, -0.05) is 6.07 Å². The molecule has 0 unspecified atom stereocenters. The second-order valence-corrected chi connectivity index (χ2v) is 5.84. The summed E-state index contributed by atoms with van der Waals surface area (Å²) in [7, 11) is 0. The Bertz CT molecular complexity index is 617. The third kappa shape index (κ3) is 2.51. The number of thiophene rings is 1. The van der Waals surface area contributed by atoms with Crippen LogP contribution in [0.4, 0.5) is 5.69 Å². The van der Waals surface area contributed by atoms with Gasteiger partial charge in [0.05, 0.1) is 6.61 Å². The van der Waals surface area contributed by atoms with Crippen LogP contribution >= 0.6 is 11.3 Å². The standard InChI is InChI=1S/C15H18N2O2S/c1-2-19-15(18)14-10-11-12(4-3-5-13(11)20-14)17-8-6-16-7-9-17/h3-5,10,16H,2,6-9H2,1H3. The molecule has 1 aliphatic rings. The highest BCUT2D eigenvalue weighted by Gasteiger charge is 2.17. The van der Waals surface area contributed by atoms with Crippen LogP contribution in [0.2, 0.25) is 0 Å². The second kappa shape index (κ2) is 5.81. The number of piperazine rings is 1. The Hall–Kier alpha value is -1.59. The first-order valence-corrected chi connectivity index (χ1v) is 7.76. The monoisotopic (exact) mass is 290 g/mol. The average molecular weight is 290 g/mol. The van der Waals surface area contributed by atoms with Gasteiger partial charge < -0.3 is 15.0 Å². The number of nitrogens with zero attached hydrogens (tertiary/aromatic N) is 1. The van der Waals surface area contributed by atoms with Gasteiger partial charge in [-0.05, 0) is 25.1 Å². The van der Waals surface area contributed by atoms with Crippen molar-refractivity contribution in [2.24, 2.45) is 0 Å². The van der Waals surface area contributed by atoms with Gasteiger partial charge in [-0.2, -0.15) is 0 Å². The van der Waals surface area contributed by atoms with E-state index in [1.807, 2.05) is 13.0 Å². The molecule has 0 radical (unpaired) electrons. The fourth-order valence-electron chi connectivity index (χ4n) is 2.53. The van der Waals surface area contributed by atoms with E-state index in [4.69, 9.17) is 4.74 Å². The maximum absolute atomic E-state index is 11.9. The number of hydrogen-bond acceptors (Lipinski definition) is 5. The summed E-state index contributed by atoms with van der Waals surface area (Å²) in [6, 6.07) is 8.23. The van der Waals surface area contributed by atoms with Crippen LogP contribution in [0.1, 0.15) is 16.6 Å². The minimum Gasteiger partial charge on any atom is -0.462 e. The molecule has 5 heteroatoms. The predicted molar refractivity (Wildman–Crippen MR) is 82.9 cm³/mol. The first-order valence-electron chi connectivity index (χ1n) is 6.95. The Morgan fingerprint density at radius 2 is 2.20 bits per heavy atom. The first-order chi connectivity index (χ1) is 9.79. The van der Waals surface area contributed by atoms with E-state index in [2.05, 4.69) is 28.4 Å². The minimum absolute atomic E-state index is 0.222. The lowest BCUT2D eigenvalue weighted by Gasteiger charge is -2.30. The Morgan fingerprint density at radius 1 is 1.40 bits per heavy atom. The highest BCUT2D eigenvalue weighted by molar-refractivity contribution is 7.20. The lowest BCUT2D eigenvalue weighted by atomic mass is 10.2. The SMILES string of the molecule is CCOC(=O)c1cc2c(N3CCNCC3)cccc2s1. The van der Waals surface area contributed by atoms with E-state index in [-0.39, 0.29) is 5.97 Å². The molecular weight excluding hydrogens is 272 g/mol. The Morgan fingerprint density at radius 3 is 2.95 bits per heavy atom. The largest absolute Gasteiger partial charge is 0.462 e. The van der Waals surface area contributed by atoms with Crippen molar-refractivity contribution in [3.8, 4) is 0 Å². The third-order valence-electron chi connectivity index (χ3n) is 3.47. The molecule has 4 nitrogen and oxygen atoms in total. The highest BCUT2D eigenvalue weighted by atomic mass is 32.1. The molecule has 0 aliphatic carbocycles. The van der Waals surface area contributed by atoms with Crippen molar-refractivity contribution < 1.29 is 9.53 Å². The molecule has 2 heterocycles. The number of carbonyl (C=O) groups excluding carboxylic acids is 1. The number of ether oxygens (including phenoxy) is 1. The molecule has 1 N–H and O–H groups in total. The quantitative estimate of drug-likeness (QED) is 0.882. The maximum atomic E-state index is 11.9. The number of fused-ring (bicyclic) bond motifs is 1. The van der Waals surface area contributed by atoms with Crippen molar-refractivity contribution in [1.82, 2.24) is 5.32 Å². The summed E-state index contributed by atoms with van der Waals surface area (Å²) in [5.74, 6) is -0.222. The first kappa shape index (κ1) is 13.4. The number of esters is 1. The van der Waals surface area contributed by atoms with Gasteiger partial charge in [-0.15, -0.1) is 11.3 Å². The molecule has 0 bridgehead atoms. The third-order valence-corrected chi connectivity index (χ3v) is 4.55. The second-order valence-electron chi connectivity index (χ2n) is 4.76. The molecular formula is C15H18N2O2S. The van der Waals surface area contributed by atoms with Gasteiger partial charge in [0.25, 0.3) is 0 Å². The predicted octanol–water partition coefficient (Wildman–Crippen LogP) is 2.49. The van der Waals surface area contributed by atoms with E-state index in [1.165, 1.54) is 17.0 Å². The van der Waals surface area contributed by atoms with Gasteiger partial charge in [-0.3, -0.25) is 0 Å². The fourth-order valence-corrected chi connectivity index (χ4v) is 3.51. The van der Waals surface area contributed by atoms with Crippen molar-refractivity contribution in [2.75, 3.05) is 37.7 Å². The van der Waals surface area contributed by atoms with Gasteiger partial charge in [0, 0.05) is 42.0 Å². The number of anilines is 1. The van der Waals surface area contributed by atoms with Gasteiger partial charge in [-0.25, -0.2) is 4.79 Å². The molecule has 1 aromatic carbocycles. The van der Waals surface area contributed by atoms with Crippen LogP contribution in [0.3, 0.4) is 0 Å². The zero-order valence-electron chi connectivity index (χ0n) is 11.5. The van der Waals surface area contributed by atoms with Crippen LogP contribution in [-0.2, 0) is 4.74 Å². The lowest BCUT2D eigenvalue weighted by molar-refractivity contribution is 0.0532. The van der Waals surface area contributed by atoms with Crippen LogP contribution in [0.25, 0.3) is 10.1 Å². The van der Waals surface area contributed by atoms with Crippen molar-refractivity contribution in [3.63, 3.8) is 0 Å². The number of rotatable bonds is 3. The van der Waals surface area contributed by atoms with E-state index in [1.54, 1.807) is 0 Å². The summed E-state index contributed by atoms with van der Waals surface area (Å²) in [4.78, 5) is 14.9. The van der Waals surface area contributed by atoms with Crippen LogP contribution < -0.4 is 10.2 Å².